The molecule has 0 bridgehead atoms. The summed E-state index contributed by atoms with van der Waals surface area (Å²) in [5, 5.41) is 3.29. The van der Waals surface area contributed by atoms with E-state index >= 15 is 0 Å². The van der Waals surface area contributed by atoms with Crippen molar-refractivity contribution in [2.75, 3.05) is 57.5 Å². The van der Waals surface area contributed by atoms with Crippen LogP contribution in [0.15, 0.2) is 41.6 Å². The lowest BCUT2D eigenvalue weighted by molar-refractivity contribution is -0.112. The Morgan fingerprint density at radius 3 is 2.58 bits per heavy atom. The van der Waals surface area contributed by atoms with E-state index in [2.05, 4.69) is 42.7 Å². The highest BCUT2D eigenvalue weighted by atomic mass is 79.9. The molecule has 33 heavy (non-hydrogen) atoms. The number of hydrogen-bond donors (Lipinski definition) is 2. The summed E-state index contributed by atoms with van der Waals surface area (Å²) >= 11 is 3.32. The van der Waals surface area contributed by atoms with Crippen molar-refractivity contribution in [3.8, 4) is 0 Å². The van der Waals surface area contributed by atoms with Crippen molar-refractivity contribution in [3.63, 3.8) is 0 Å². The molecule has 0 saturated carbocycles. The Labute approximate surface area is 202 Å². The van der Waals surface area contributed by atoms with Gasteiger partial charge in [0.1, 0.15) is 0 Å². The standard InChI is InChI=1S/C23H30BrN7O2/c1-15(21(25)32)19-6-5-16(11-20(19)30(4)10-9-29(2)3)22(33)31-8-7-18(14-31)28-23-26-12-17(24)13-27-23/h5-6,11-13,18H,1,7-10,14H2,2-4H3,(H2,25,32)(H,26,27,28). The maximum absolute atomic E-state index is 13.3. The summed E-state index contributed by atoms with van der Waals surface area (Å²) in [6.45, 7) is 6.56. The highest BCUT2D eigenvalue weighted by Gasteiger charge is 2.28. The van der Waals surface area contributed by atoms with Crippen LogP contribution in [-0.4, -0.2) is 84.9 Å². The molecule has 10 heteroatoms. The molecule has 1 unspecified atom stereocenters. The van der Waals surface area contributed by atoms with Crippen LogP contribution in [0.5, 0.6) is 0 Å². The maximum atomic E-state index is 13.3. The molecule has 1 aliphatic rings. The van der Waals surface area contributed by atoms with E-state index in [0.717, 1.165) is 23.1 Å². The summed E-state index contributed by atoms with van der Waals surface area (Å²) in [5.74, 6) is -0.105. The van der Waals surface area contributed by atoms with Crippen molar-refractivity contribution in [2.24, 2.45) is 5.73 Å². The number of amides is 2. The van der Waals surface area contributed by atoms with Crippen LogP contribution in [0.4, 0.5) is 11.6 Å². The Balaban J connectivity index is 1.76. The zero-order valence-electron chi connectivity index (χ0n) is 19.2. The third-order valence-corrected chi connectivity index (χ3v) is 6.00. The van der Waals surface area contributed by atoms with E-state index in [0.29, 0.717) is 36.7 Å². The molecule has 1 aromatic heterocycles. The van der Waals surface area contributed by atoms with Gasteiger partial charge in [-0.25, -0.2) is 9.97 Å². The van der Waals surface area contributed by atoms with Gasteiger partial charge in [0.05, 0.1) is 4.47 Å². The van der Waals surface area contributed by atoms with Gasteiger partial charge >= 0.3 is 0 Å². The summed E-state index contributed by atoms with van der Waals surface area (Å²) in [6.07, 6.45) is 4.17. The zero-order valence-corrected chi connectivity index (χ0v) is 20.8. The van der Waals surface area contributed by atoms with E-state index in [1.54, 1.807) is 24.5 Å². The first kappa shape index (κ1) is 24.7. The average Bonchev–Trinajstić information content (AvgIpc) is 3.26. The third kappa shape index (κ3) is 6.29. The summed E-state index contributed by atoms with van der Waals surface area (Å²) < 4.78 is 0.810. The normalized spacial score (nSPS) is 15.5. The lowest BCUT2D eigenvalue weighted by Gasteiger charge is -2.26. The molecule has 1 fully saturated rings. The van der Waals surface area contributed by atoms with Crippen molar-refractivity contribution in [1.29, 1.82) is 0 Å². The van der Waals surface area contributed by atoms with Crippen molar-refractivity contribution < 1.29 is 9.59 Å². The van der Waals surface area contributed by atoms with E-state index in [-0.39, 0.29) is 17.5 Å². The number of rotatable bonds is 9. The fraction of sp³-hybridized carbons (Fsp3) is 0.391. The van der Waals surface area contributed by atoms with Gasteiger partial charge in [-0.3, -0.25) is 9.59 Å². The van der Waals surface area contributed by atoms with Gasteiger partial charge < -0.3 is 25.8 Å². The van der Waals surface area contributed by atoms with Crippen LogP contribution in [-0.2, 0) is 4.79 Å². The molecule has 176 valence electrons. The Morgan fingerprint density at radius 1 is 1.24 bits per heavy atom. The number of halogens is 1. The number of anilines is 2. The minimum absolute atomic E-state index is 0.0606. The second kappa shape index (κ2) is 10.8. The first-order valence-corrected chi connectivity index (χ1v) is 11.5. The Morgan fingerprint density at radius 2 is 1.94 bits per heavy atom. The van der Waals surface area contributed by atoms with Crippen LogP contribution < -0.4 is 16.0 Å². The molecule has 2 aromatic rings. The number of nitrogens with zero attached hydrogens (tertiary/aromatic N) is 5. The van der Waals surface area contributed by atoms with Crippen LogP contribution in [0.3, 0.4) is 0 Å². The van der Waals surface area contributed by atoms with Crippen molar-refractivity contribution in [1.82, 2.24) is 19.8 Å². The summed E-state index contributed by atoms with van der Waals surface area (Å²) in [5.41, 5.74) is 7.65. The maximum Gasteiger partial charge on any atom is 0.254 e. The van der Waals surface area contributed by atoms with Gasteiger partial charge in [0, 0.05) is 74.0 Å². The predicted molar refractivity (Wildman–Crippen MR) is 134 cm³/mol. The summed E-state index contributed by atoms with van der Waals surface area (Å²) in [7, 11) is 5.92. The lowest BCUT2D eigenvalue weighted by atomic mass is 10.0. The Bertz CT molecular complexity index is 1030. The van der Waals surface area contributed by atoms with Gasteiger partial charge in [0.2, 0.25) is 11.9 Å². The summed E-state index contributed by atoms with van der Waals surface area (Å²) in [4.78, 5) is 39.4. The largest absolute Gasteiger partial charge is 0.373 e. The van der Waals surface area contributed by atoms with Crippen LogP contribution in [0.25, 0.3) is 5.57 Å². The number of primary amides is 1. The molecule has 1 atom stereocenters. The van der Waals surface area contributed by atoms with Crippen LogP contribution >= 0.6 is 15.9 Å². The molecule has 3 N–H and O–H groups in total. The van der Waals surface area contributed by atoms with E-state index in [4.69, 9.17) is 5.73 Å². The molecule has 1 aromatic carbocycles. The Kier molecular flexibility index (Phi) is 8.04. The molecular formula is C23H30BrN7O2. The quantitative estimate of drug-likeness (QED) is 0.492. The first-order valence-electron chi connectivity index (χ1n) is 10.7. The topological polar surface area (TPSA) is 108 Å². The van der Waals surface area contributed by atoms with Gasteiger partial charge in [0.15, 0.2) is 0 Å². The monoisotopic (exact) mass is 515 g/mol. The average molecular weight is 516 g/mol. The zero-order chi connectivity index (χ0) is 24.1. The van der Waals surface area contributed by atoms with Crippen molar-refractivity contribution >= 4 is 45.0 Å². The highest BCUT2D eigenvalue weighted by molar-refractivity contribution is 9.10. The third-order valence-electron chi connectivity index (χ3n) is 5.59. The number of likely N-dealkylation sites (N-methyl/N-ethyl adjacent to an activating group) is 2. The molecule has 2 heterocycles. The SMILES string of the molecule is C=C(C(N)=O)c1ccc(C(=O)N2CCC(Nc3ncc(Br)cn3)C2)cc1N(C)CCN(C)C. The van der Waals surface area contributed by atoms with E-state index in [1.165, 1.54) is 0 Å². The molecule has 0 aliphatic carbocycles. The highest BCUT2D eigenvalue weighted by Crippen LogP contribution is 2.28. The van der Waals surface area contributed by atoms with E-state index in [1.807, 2.05) is 37.0 Å². The molecule has 1 aliphatic heterocycles. The second-order valence-corrected chi connectivity index (χ2v) is 9.32. The molecule has 0 spiro atoms. The lowest BCUT2D eigenvalue weighted by Crippen LogP contribution is -2.32. The Hall–Kier alpha value is -2.98. The smallest absolute Gasteiger partial charge is 0.254 e. The van der Waals surface area contributed by atoms with E-state index in [9.17, 15) is 9.59 Å². The van der Waals surface area contributed by atoms with Crippen molar-refractivity contribution in [3.05, 3.63) is 52.8 Å². The second-order valence-electron chi connectivity index (χ2n) is 8.41. The van der Waals surface area contributed by atoms with Gasteiger partial charge in [0.25, 0.3) is 5.91 Å². The number of carbonyl (C=O) groups excluding carboxylic acids is 2. The van der Waals surface area contributed by atoms with Gasteiger partial charge in [-0.1, -0.05) is 12.6 Å². The molecular weight excluding hydrogens is 486 g/mol. The molecule has 1 saturated heterocycles. The predicted octanol–water partition coefficient (Wildman–Crippen LogP) is 2.06. The van der Waals surface area contributed by atoms with Gasteiger partial charge in [-0.2, -0.15) is 0 Å². The molecule has 2 amide bonds. The molecule has 3 rings (SSSR count). The number of likely N-dealkylation sites (tertiary alicyclic amines) is 1. The molecule has 9 nitrogen and oxygen atoms in total. The number of benzene rings is 1. The fourth-order valence-electron chi connectivity index (χ4n) is 3.65. The number of nitrogens with one attached hydrogen (secondary N) is 1. The van der Waals surface area contributed by atoms with Crippen molar-refractivity contribution in [2.45, 2.75) is 12.5 Å². The number of hydrogen-bond acceptors (Lipinski definition) is 7. The van der Waals surface area contributed by atoms with Crippen LogP contribution in [0.2, 0.25) is 0 Å². The molecule has 0 radical (unpaired) electrons. The van der Waals surface area contributed by atoms with Crippen LogP contribution in [0.1, 0.15) is 22.3 Å². The van der Waals surface area contributed by atoms with E-state index < -0.39 is 5.91 Å². The number of carbonyl (C=O) groups is 2. The minimum Gasteiger partial charge on any atom is -0.373 e. The van der Waals surface area contributed by atoms with Gasteiger partial charge in [-0.15, -0.1) is 0 Å². The minimum atomic E-state index is -0.583. The first-order chi connectivity index (χ1) is 15.7. The fourth-order valence-corrected chi connectivity index (χ4v) is 3.86. The summed E-state index contributed by atoms with van der Waals surface area (Å²) in [6, 6.07) is 5.38. The number of aromatic nitrogens is 2. The number of nitrogens with two attached hydrogens (primary N) is 1. The van der Waals surface area contributed by atoms with Gasteiger partial charge in [-0.05, 0) is 48.6 Å². The van der Waals surface area contributed by atoms with Crippen LogP contribution in [0, 0.1) is 0 Å².